The number of nitrogens with one attached hydrogen (secondary N) is 1. The van der Waals surface area contributed by atoms with Crippen LogP contribution in [0.5, 0.6) is 5.75 Å². The summed E-state index contributed by atoms with van der Waals surface area (Å²) < 4.78 is 40.8. The van der Waals surface area contributed by atoms with Gasteiger partial charge in [-0.05, 0) is 51.9 Å². The molecule has 1 aromatic rings. The van der Waals surface area contributed by atoms with E-state index in [1.54, 1.807) is 12.1 Å². The predicted octanol–water partition coefficient (Wildman–Crippen LogP) is 5.02. The highest BCUT2D eigenvalue weighted by atomic mass is 79.9. The maximum Gasteiger partial charge on any atom is 0.573 e. The molecular weight excluding hydrogens is 347 g/mol. The molecule has 0 saturated heterocycles. The highest BCUT2D eigenvalue weighted by molar-refractivity contribution is 9.10. The van der Waals surface area contributed by atoms with E-state index in [-0.39, 0.29) is 5.75 Å². The van der Waals surface area contributed by atoms with Crippen LogP contribution in [0.3, 0.4) is 0 Å². The fraction of sp³-hybridized carbons (Fsp3) is 0.600. The minimum absolute atomic E-state index is 0.214. The van der Waals surface area contributed by atoms with Crippen molar-refractivity contribution in [1.82, 2.24) is 5.32 Å². The average Bonchev–Trinajstić information content (AvgIpc) is 2.78. The lowest BCUT2D eigenvalue weighted by molar-refractivity contribution is -0.274. The van der Waals surface area contributed by atoms with Crippen LogP contribution in [0, 0.1) is 5.41 Å². The zero-order valence-electron chi connectivity index (χ0n) is 11.9. The van der Waals surface area contributed by atoms with Crippen LogP contribution in [0.25, 0.3) is 0 Å². The van der Waals surface area contributed by atoms with Crippen LogP contribution in [0.1, 0.15) is 38.2 Å². The first-order chi connectivity index (χ1) is 9.77. The molecule has 1 fully saturated rings. The summed E-state index contributed by atoms with van der Waals surface area (Å²) >= 11 is 3.12. The molecule has 0 amide bonds. The van der Waals surface area contributed by atoms with Crippen molar-refractivity contribution in [3.63, 3.8) is 0 Å². The number of rotatable bonds is 5. The molecule has 0 radical (unpaired) electrons. The third kappa shape index (κ3) is 5.18. The lowest BCUT2D eigenvalue weighted by atomic mass is 9.89. The van der Waals surface area contributed by atoms with Gasteiger partial charge in [0.1, 0.15) is 5.75 Å². The van der Waals surface area contributed by atoms with Crippen molar-refractivity contribution in [3.8, 4) is 5.75 Å². The van der Waals surface area contributed by atoms with Crippen molar-refractivity contribution in [2.24, 2.45) is 5.41 Å². The topological polar surface area (TPSA) is 21.3 Å². The minimum atomic E-state index is -4.67. The Bertz CT molecular complexity index is 484. The second-order valence-corrected chi connectivity index (χ2v) is 6.79. The van der Waals surface area contributed by atoms with Crippen molar-refractivity contribution in [1.29, 1.82) is 0 Å². The number of hydrogen-bond acceptors (Lipinski definition) is 2. The van der Waals surface area contributed by atoms with Crippen LogP contribution >= 0.6 is 15.9 Å². The van der Waals surface area contributed by atoms with E-state index < -0.39 is 6.36 Å². The van der Waals surface area contributed by atoms with Gasteiger partial charge in [0.15, 0.2) is 0 Å². The molecule has 0 aliphatic heterocycles. The molecule has 0 unspecified atom stereocenters. The first-order valence-corrected chi connectivity index (χ1v) is 7.82. The number of alkyl halides is 3. The van der Waals surface area contributed by atoms with E-state index in [1.807, 2.05) is 0 Å². The Labute approximate surface area is 131 Å². The van der Waals surface area contributed by atoms with Gasteiger partial charge in [0.25, 0.3) is 0 Å². The van der Waals surface area contributed by atoms with E-state index in [0.29, 0.717) is 16.4 Å². The van der Waals surface area contributed by atoms with Gasteiger partial charge < -0.3 is 10.1 Å². The van der Waals surface area contributed by atoms with Crippen LogP contribution in [0.15, 0.2) is 22.7 Å². The fourth-order valence-corrected chi connectivity index (χ4v) is 3.28. The van der Waals surface area contributed by atoms with E-state index in [1.165, 1.54) is 31.7 Å². The van der Waals surface area contributed by atoms with Gasteiger partial charge in [-0.1, -0.05) is 25.8 Å². The highest BCUT2D eigenvalue weighted by Gasteiger charge is 2.32. The Morgan fingerprint density at radius 1 is 1.29 bits per heavy atom. The van der Waals surface area contributed by atoms with E-state index in [4.69, 9.17) is 0 Å². The van der Waals surface area contributed by atoms with Gasteiger partial charge in [0.2, 0.25) is 0 Å². The Kier molecular flexibility index (Phi) is 5.20. The molecule has 0 bridgehead atoms. The van der Waals surface area contributed by atoms with Gasteiger partial charge in [-0.15, -0.1) is 13.2 Å². The zero-order valence-corrected chi connectivity index (χ0v) is 13.5. The molecule has 6 heteroatoms. The maximum absolute atomic E-state index is 12.2. The normalized spacial score (nSPS) is 18.0. The van der Waals surface area contributed by atoms with Crippen LogP contribution in [-0.2, 0) is 6.54 Å². The summed E-state index contributed by atoms with van der Waals surface area (Å²) in [5.74, 6) is -0.214. The van der Waals surface area contributed by atoms with Crippen molar-refractivity contribution in [2.75, 3.05) is 6.54 Å². The van der Waals surface area contributed by atoms with Gasteiger partial charge in [-0.25, -0.2) is 0 Å². The highest BCUT2D eigenvalue weighted by Crippen LogP contribution is 2.37. The van der Waals surface area contributed by atoms with Gasteiger partial charge in [0.05, 0.1) is 4.47 Å². The lowest BCUT2D eigenvalue weighted by Gasteiger charge is -2.23. The van der Waals surface area contributed by atoms with Crippen molar-refractivity contribution >= 4 is 15.9 Å². The molecule has 1 saturated carbocycles. The molecule has 2 rings (SSSR count). The van der Waals surface area contributed by atoms with E-state index >= 15 is 0 Å². The third-order valence-corrected chi connectivity index (χ3v) is 4.53. The number of hydrogen-bond donors (Lipinski definition) is 1. The van der Waals surface area contributed by atoms with Crippen molar-refractivity contribution < 1.29 is 17.9 Å². The Morgan fingerprint density at radius 2 is 1.95 bits per heavy atom. The van der Waals surface area contributed by atoms with Crippen LogP contribution in [0.4, 0.5) is 13.2 Å². The predicted molar refractivity (Wildman–Crippen MR) is 79.1 cm³/mol. The fourth-order valence-electron chi connectivity index (χ4n) is 2.78. The molecule has 1 aliphatic carbocycles. The van der Waals surface area contributed by atoms with Gasteiger partial charge in [-0.3, -0.25) is 0 Å². The Balaban J connectivity index is 1.88. The van der Waals surface area contributed by atoms with Crippen molar-refractivity contribution in [2.45, 2.75) is 45.5 Å². The maximum atomic E-state index is 12.2. The first kappa shape index (κ1) is 16.6. The van der Waals surface area contributed by atoms with Crippen LogP contribution in [0.2, 0.25) is 0 Å². The molecule has 118 valence electrons. The molecule has 0 spiro atoms. The molecule has 0 aromatic heterocycles. The van der Waals surface area contributed by atoms with Gasteiger partial charge in [0, 0.05) is 13.1 Å². The molecule has 1 aromatic carbocycles. The second-order valence-electron chi connectivity index (χ2n) is 5.93. The lowest BCUT2D eigenvalue weighted by Crippen LogP contribution is -2.29. The van der Waals surface area contributed by atoms with Crippen LogP contribution < -0.4 is 10.1 Å². The van der Waals surface area contributed by atoms with E-state index in [9.17, 15) is 13.2 Å². The largest absolute Gasteiger partial charge is 0.573 e. The summed E-state index contributed by atoms with van der Waals surface area (Å²) in [5.41, 5.74) is 1.29. The summed E-state index contributed by atoms with van der Waals surface area (Å²) in [6, 6.07) is 4.65. The molecular formula is C15H19BrF3NO. The third-order valence-electron chi connectivity index (χ3n) is 3.91. The molecule has 1 aliphatic rings. The van der Waals surface area contributed by atoms with Crippen LogP contribution in [-0.4, -0.2) is 12.9 Å². The zero-order chi connectivity index (χ0) is 15.5. The summed E-state index contributed by atoms with van der Waals surface area (Å²) in [5, 5.41) is 3.40. The van der Waals surface area contributed by atoms with Crippen molar-refractivity contribution in [3.05, 3.63) is 28.2 Å². The molecule has 0 atom stereocenters. The van der Waals surface area contributed by atoms with Gasteiger partial charge >= 0.3 is 6.36 Å². The quantitative estimate of drug-likeness (QED) is 0.790. The molecule has 0 heterocycles. The Hall–Kier alpha value is -0.750. The smallest absolute Gasteiger partial charge is 0.405 e. The summed E-state index contributed by atoms with van der Waals surface area (Å²) in [7, 11) is 0. The summed E-state index contributed by atoms with van der Waals surface area (Å²) in [6.07, 6.45) is 0.379. The molecule has 2 nitrogen and oxygen atoms in total. The van der Waals surface area contributed by atoms with E-state index in [2.05, 4.69) is 32.9 Å². The number of benzene rings is 1. The minimum Gasteiger partial charge on any atom is -0.405 e. The first-order valence-electron chi connectivity index (χ1n) is 7.02. The standard InChI is InChI=1S/C15H19BrF3NO/c1-14(6-2-3-7-14)10-20-9-11-4-5-13(12(16)8-11)21-15(17,18)19/h4-5,8,20H,2-3,6-7,9-10H2,1H3. The number of halogens is 4. The van der Waals surface area contributed by atoms with E-state index in [0.717, 1.165) is 12.1 Å². The monoisotopic (exact) mass is 365 g/mol. The average molecular weight is 366 g/mol. The number of ether oxygens (including phenoxy) is 1. The molecule has 1 N–H and O–H groups in total. The summed E-state index contributed by atoms with van der Waals surface area (Å²) in [6.45, 7) is 3.86. The molecule has 21 heavy (non-hydrogen) atoms. The van der Waals surface area contributed by atoms with Gasteiger partial charge in [-0.2, -0.15) is 0 Å². The summed E-state index contributed by atoms with van der Waals surface area (Å²) in [4.78, 5) is 0. The Morgan fingerprint density at radius 3 is 2.52 bits per heavy atom. The SMILES string of the molecule is CC1(CNCc2ccc(OC(F)(F)F)c(Br)c2)CCCC1. The second kappa shape index (κ2) is 6.57.